The van der Waals surface area contributed by atoms with Crippen LogP contribution in [0.25, 0.3) is 0 Å². The van der Waals surface area contributed by atoms with Gasteiger partial charge in [-0.2, -0.15) is 0 Å². The van der Waals surface area contributed by atoms with Crippen molar-refractivity contribution in [3.05, 3.63) is 12.4 Å². The number of nitrogens with one attached hydrogen (secondary N) is 1. The van der Waals surface area contributed by atoms with Crippen LogP contribution in [0.3, 0.4) is 0 Å². The van der Waals surface area contributed by atoms with Crippen molar-refractivity contribution >= 4 is 17.7 Å². The SMILES string of the molecule is CCNC(CCSc1nccn1C)C(=O)OC. The number of nitrogens with zero attached hydrogens (tertiary/aromatic N) is 2. The molecule has 0 spiro atoms. The Morgan fingerprint density at radius 1 is 1.71 bits per heavy atom. The van der Waals surface area contributed by atoms with Crippen LogP contribution in [0.5, 0.6) is 0 Å². The van der Waals surface area contributed by atoms with E-state index in [4.69, 9.17) is 4.74 Å². The third-order valence-corrected chi connectivity index (χ3v) is 3.44. The third-order valence-electron chi connectivity index (χ3n) is 2.35. The lowest BCUT2D eigenvalue weighted by Crippen LogP contribution is -2.37. The van der Waals surface area contributed by atoms with Gasteiger partial charge in [0, 0.05) is 25.2 Å². The standard InChI is InChI=1S/C11H19N3O2S/c1-4-12-9(10(15)16-3)5-8-17-11-13-6-7-14(11)2/h6-7,9,12H,4-5,8H2,1-3H3. The summed E-state index contributed by atoms with van der Waals surface area (Å²) >= 11 is 1.64. The molecule has 1 atom stereocenters. The first-order valence-electron chi connectivity index (χ1n) is 5.60. The van der Waals surface area contributed by atoms with Gasteiger partial charge in [0.15, 0.2) is 5.16 Å². The summed E-state index contributed by atoms with van der Waals surface area (Å²) in [6.07, 6.45) is 4.41. The molecule has 1 rings (SSSR count). The highest BCUT2D eigenvalue weighted by Crippen LogP contribution is 2.16. The molecule has 1 heterocycles. The molecule has 0 fully saturated rings. The Labute approximate surface area is 106 Å². The Morgan fingerprint density at radius 3 is 3.00 bits per heavy atom. The van der Waals surface area contributed by atoms with Crippen molar-refractivity contribution in [2.75, 3.05) is 19.4 Å². The van der Waals surface area contributed by atoms with Crippen molar-refractivity contribution in [3.63, 3.8) is 0 Å². The van der Waals surface area contributed by atoms with Crippen LogP contribution < -0.4 is 5.32 Å². The van der Waals surface area contributed by atoms with Gasteiger partial charge in [0.25, 0.3) is 0 Å². The summed E-state index contributed by atoms with van der Waals surface area (Å²) in [5.74, 6) is 0.629. The number of carbonyl (C=O) groups excluding carboxylic acids is 1. The minimum atomic E-state index is -0.224. The number of likely N-dealkylation sites (N-methyl/N-ethyl adjacent to an activating group) is 1. The van der Waals surface area contributed by atoms with E-state index in [-0.39, 0.29) is 12.0 Å². The van der Waals surface area contributed by atoms with Crippen LogP contribution in [0, 0.1) is 0 Å². The highest BCUT2D eigenvalue weighted by Gasteiger charge is 2.17. The first-order valence-corrected chi connectivity index (χ1v) is 6.59. The van der Waals surface area contributed by atoms with Gasteiger partial charge in [-0.05, 0) is 13.0 Å². The van der Waals surface area contributed by atoms with Crippen molar-refractivity contribution in [2.45, 2.75) is 24.5 Å². The summed E-state index contributed by atoms with van der Waals surface area (Å²) in [6, 6.07) is -0.224. The molecule has 0 aliphatic rings. The number of hydrogen-bond donors (Lipinski definition) is 1. The lowest BCUT2D eigenvalue weighted by Gasteiger charge is -2.14. The average Bonchev–Trinajstić information content (AvgIpc) is 2.73. The molecule has 96 valence electrons. The second-order valence-corrected chi connectivity index (χ2v) is 4.65. The van der Waals surface area contributed by atoms with Gasteiger partial charge in [-0.15, -0.1) is 0 Å². The number of aromatic nitrogens is 2. The minimum absolute atomic E-state index is 0.202. The number of imidazole rings is 1. The quantitative estimate of drug-likeness (QED) is 0.584. The van der Waals surface area contributed by atoms with Gasteiger partial charge in [0.2, 0.25) is 0 Å². The lowest BCUT2D eigenvalue weighted by atomic mass is 10.2. The fourth-order valence-electron chi connectivity index (χ4n) is 1.45. The summed E-state index contributed by atoms with van der Waals surface area (Å²) in [4.78, 5) is 15.7. The van der Waals surface area contributed by atoms with Gasteiger partial charge in [-0.3, -0.25) is 4.79 Å². The zero-order valence-electron chi connectivity index (χ0n) is 10.5. The highest BCUT2D eigenvalue weighted by molar-refractivity contribution is 7.99. The number of hydrogen-bond acceptors (Lipinski definition) is 5. The van der Waals surface area contributed by atoms with E-state index in [1.165, 1.54) is 7.11 Å². The van der Waals surface area contributed by atoms with Crippen LogP contribution in [-0.2, 0) is 16.6 Å². The molecule has 0 bridgehead atoms. The number of methoxy groups -OCH3 is 1. The van der Waals surface area contributed by atoms with E-state index < -0.39 is 0 Å². The van der Waals surface area contributed by atoms with Crippen LogP contribution >= 0.6 is 11.8 Å². The van der Waals surface area contributed by atoms with Crippen LogP contribution in [0.4, 0.5) is 0 Å². The Bertz CT molecular complexity index is 354. The van der Waals surface area contributed by atoms with E-state index in [1.807, 2.05) is 24.7 Å². The molecule has 1 aromatic rings. The largest absolute Gasteiger partial charge is 0.468 e. The molecular weight excluding hydrogens is 238 g/mol. The number of esters is 1. The predicted octanol–water partition coefficient (Wildman–Crippen LogP) is 1.05. The summed E-state index contributed by atoms with van der Waals surface area (Å²) in [7, 11) is 3.37. The molecule has 0 saturated carbocycles. The molecule has 0 aromatic carbocycles. The molecule has 1 unspecified atom stereocenters. The molecular formula is C11H19N3O2S. The first-order chi connectivity index (χ1) is 8.19. The molecule has 0 aliphatic heterocycles. The topological polar surface area (TPSA) is 56.2 Å². The Morgan fingerprint density at radius 2 is 2.47 bits per heavy atom. The summed E-state index contributed by atoms with van der Waals surface area (Å²) in [5.41, 5.74) is 0. The van der Waals surface area contributed by atoms with Crippen LogP contribution in [-0.4, -0.2) is 41.0 Å². The smallest absolute Gasteiger partial charge is 0.322 e. The van der Waals surface area contributed by atoms with Crippen molar-refractivity contribution in [1.82, 2.24) is 14.9 Å². The number of rotatable bonds is 7. The average molecular weight is 257 g/mol. The molecule has 0 amide bonds. The van der Waals surface area contributed by atoms with Gasteiger partial charge in [-0.25, -0.2) is 4.98 Å². The van der Waals surface area contributed by atoms with Gasteiger partial charge in [0.1, 0.15) is 6.04 Å². The number of ether oxygens (including phenoxy) is 1. The maximum atomic E-state index is 11.4. The van der Waals surface area contributed by atoms with Crippen molar-refractivity contribution in [2.24, 2.45) is 7.05 Å². The second-order valence-electron chi connectivity index (χ2n) is 3.59. The molecule has 5 nitrogen and oxygen atoms in total. The number of aryl methyl sites for hydroxylation is 1. The fourth-order valence-corrected chi connectivity index (χ4v) is 2.39. The zero-order valence-corrected chi connectivity index (χ0v) is 11.3. The van der Waals surface area contributed by atoms with Gasteiger partial charge in [0.05, 0.1) is 7.11 Å². The lowest BCUT2D eigenvalue weighted by molar-refractivity contribution is -0.143. The van der Waals surface area contributed by atoms with E-state index in [2.05, 4.69) is 10.3 Å². The maximum absolute atomic E-state index is 11.4. The molecule has 6 heteroatoms. The highest BCUT2D eigenvalue weighted by atomic mass is 32.2. The summed E-state index contributed by atoms with van der Waals surface area (Å²) < 4.78 is 6.71. The molecule has 17 heavy (non-hydrogen) atoms. The van der Waals surface area contributed by atoms with E-state index in [9.17, 15) is 4.79 Å². The predicted molar refractivity (Wildman–Crippen MR) is 68.0 cm³/mol. The van der Waals surface area contributed by atoms with Crippen LogP contribution in [0.1, 0.15) is 13.3 Å². The number of carbonyl (C=O) groups is 1. The van der Waals surface area contributed by atoms with E-state index in [0.717, 1.165) is 23.9 Å². The molecule has 1 aromatic heterocycles. The van der Waals surface area contributed by atoms with Crippen LogP contribution in [0.2, 0.25) is 0 Å². The Kier molecular flexibility index (Phi) is 6.07. The molecule has 0 aliphatic carbocycles. The van der Waals surface area contributed by atoms with E-state index in [0.29, 0.717) is 0 Å². The van der Waals surface area contributed by atoms with Crippen molar-refractivity contribution < 1.29 is 9.53 Å². The minimum Gasteiger partial charge on any atom is -0.468 e. The molecule has 0 radical (unpaired) electrons. The van der Waals surface area contributed by atoms with Crippen molar-refractivity contribution in [3.8, 4) is 0 Å². The maximum Gasteiger partial charge on any atom is 0.322 e. The Balaban J connectivity index is 2.37. The Hall–Kier alpha value is -1.01. The monoisotopic (exact) mass is 257 g/mol. The fraction of sp³-hybridized carbons (Fsp3) is 0.636. The summed E-state index contributed by atoms with van der Waals surface area (Å²) in [6.45, 7) is 2.73. The normalized spacial score (nSPS) is 12.4. The molecule has 1 N–H and O–H groups in total. The van der Waals surface area contributed by atoms with Gasteiger partial charge in [-0.1, -0.05) is 18.7 Å². The third kappa shape index (κ3) is 4.40. The van der Waals surface area contributed by atoms with Gasteiger partial charge < -0.3 is 14.6 Å². The van der Waals surface area contributed by atoms with Crippen molar-refractivity contribution in [1.29, 1.82) is 0 Å². The first kappa shape index (κ1) is 14.1. The molecule has 0 saturated heterocycles. The van der Waals surface area contributed by atoms with Gasteiger partial charge >= 0.3 is 5.97 Å². The van der Waals surface area contributed by atoms with E-state index in [1.54, 1.807) is 18.0 Å². The van der Waals surface area contributed by atoms with Crippen LogP contribution in [0.15, 0.2) is 17.6 Å². The summed E-state index contributed by atoms with van der Waals surface area (Å²) in [5, 5.41) is 4.08. The zero-order chi connectivity index (χ0) is 12.7. The second kappa shape index (κ2) is 7.34. The number of thioether (sulfide) groups is 1. The van der Waals surface area contributed by atoms with E-state index >= 15 is 0 Å².